The second-order valence-corrected chi connectivity index (χ2v) is 7.37. The van der Waals surface area contributed by atoms with E-state index in [2.05, 4.69) is 50.9 Å². The van der Waals surface area contributed by atoms with E-state index in [9.17, 15) is 0 Å². The predicted molar refractivity (Wildman–Crippen MR) is 116 cm³/mol. The van der Waals surface area contributed by atoms with Crippen LogP contribution in [0.5, 0.6) is 0 Å². The highest BCUT2D eigenvalue weighted by molar-refractivity contribution is 6.30. The molecule has 150 valence electrons. The Labute approximate surface area is 172 Å². The van der Waals surface area contributed by atoms with Crippen LogP contribution in [0.25, 0.3) is 0 Å². The number of benzene rings is 2. The number of morpholine rings is 1. The van der Waals surface area contributed by atoms with Gasteiger partial charge in [-0.2, -0.15) is 0 Å². The molecule has 0 radical (unpaired) electrons. The number of halogens is 1. The van der Waals surface area contributed by atoms with E-state index < -0.39 is 0 Å². The Morgan fingerprint density at radius 1 is 1.04 bits per heavy atom. The molecule has 1 saturated heterocycles. The third-order valence-electron chi connectivity index (χ3n) is 4.81. The first-order valence-corrected chi connectivity index (χ1v) is 10.2. The highest BCUT2D eigenvalue weighted by Crippen LogP contribution is 2.11. The van der Waals surface area contributed by atoms with E-state index in [1.807, 2.05) is 18.2 Å². The molecular weight excluding hydrogens is 372 g/mol. The van der Waals surface area contributed by atoms with Crippen LogP contribution < -0.4 is 10.6 Å². The number of rotatable bonds is 7. The minimum atomic E-state index is 0.745. The molecule has 6 heteroatoms. The van der Waals surface area contributed by atoms with Crippen LogP contribution in [0.15, 0.2) is 53.5 Å². The van der Waals surface area contributed by atoms with Gasteiger partial charge in [0.15, 0.2) is 5.96 Å². The van der Waals surface area contributed by atoms with Gasteiger partial charge < -0.3 is 15.4 Å². The van der Waals surface area contributed by atoms with Crippen LogP contribution in [0.1, 0.15) is 16.7 Å². The Morgan fingerprint density at radius 3 is 2.50 bits per heavy atom. The number of ether oxygens (including phenoxy) is 1. The van der Waals surface area contributed by atoms with Gasteiger partial charge in [0.05, 0.1) is 13.2 Å². The minimum absolute atomic E-state index is 0.745. The summed E-state index contributed by atoms with van der Waals surface area (Å²) < 4.78 is 5.41. The first-order valence-electron chi connectivity index (χ1n) is 9.80. The van der Waals surface area contributed by atoms with Gasteiger partial charge in [-0.15, -0.1) is 0 Å². The first kappa shape index (κ1) is 20.6. The maximum Gasteiger partial charge on any atom is 0.191 e. The number of hydrogen-bond acceptors (Lipinski definition) is 3. The van der Waals surface area contributed by atoms with Crippen LogP contribution in [0.3, 0.4) is 0 Å². The lowest BCUT2D eigenvalue weighted by molar-refractivity contribution is 0.0342. The average molecular weight is 401 g/mol. The first-order chi connectivity index (χ1) is 13.7. The lowest BCUT2D eigenvalue weighted by Gasteiger charge is -2.26. The van der Waals surface area contributed by atoms with Crippen molar-refractivity contribution in [3.63, 3.8) is 0 Å². The molecule has 2 N–H and O–H groups in total. The van der Waals surface area contributed by atoms with Crippen molar-refractivity contribution in [1.82, 2.24) is 15.5 Å². The van der Waals surface area contributed by atoms with E-state index in [1.165, 1.54) is 16.7 Å². The monoisotopic (exact) mass is 400 g/mol. The van der Waals surface area contributed by atoms with Gasteiger partial charge in [0, 0.05) is 44.8 Å². The fourth-order valence-electron chi connectivity index (χ4n) is 3.20. The fourth-order valence-corrected chi connectivity index (χ4v) is 3.42. The summed E-state index contributed by atoms with van der Waals surface area (Å²) in [6.45, 7) is 6.24. The molecule has 0 saturated carbocycles. The summed E-state index contributed by atoms with van der Waals surface area (Å²) in [4.78, 5) is 6.73. The molecule has 0 aromatic heterocycles. The number of nitrogens with zero attached hydrogens (tertiary/aromatic N) is 2. The lowest BCUT2D eigenvalue weighted by Crippen LogP contribution is -2.37. The number of hydrogen-bond donors (Lipinski definition) is 2. The predicted octanol–water partition coefficient (Wildman–Crippen LogP) is 3.08. The third-order valence-corrected chi connectivity index (χ3v) is 5.05. The minimum Gasteiger partial charge on any atom is -0.379 e. The summed E-state index contributed by atoms with van der Waals surface area (Å²) >= 11 is 6.03. The van der Waals surface area contributed by atoms with Crippen molar-refractivity contribution in [2.45, 2.75) is 19.5 Å². The fraction of sp³-hybridized carbons (Fsp3) is 0.409. The maximum absolute atomic E-state index is 6.03. The molecule has 1 heterocycles. The van der Waals surface area contributed by atoms with Gasteiger partial charge in [-0.3, -0.25) is 9.89 Å². The molecule has 1 fully saturated rings. The van der Waals surface area contributed by atoms with Crippen molar-refractivity contribution in [2.24, 2.45) is 4.99 Å². The van der Waals surface area contributed by atoms with Gasteiger partial charge in [0.2, 0.25) is 0 Å². The smallest absolute Gasteiger partial charge is 0.191 e. The quantitative estimate of drug-likeness (QED) is 0.554. The average Bonchev–Trinajstić information content (AvgIpc) is 2.72. The summed E-state index contributed by atoms with van der Waals surface area (Å²) in [5, 5.41) is 7.50. The number of aliphatic imine (C=N–C) groups is 1. The molecule has 0 spiro atoms. The molecule has 3 rings (SSSR count). The highest BCUT2D eigenvalue weighted by atomic mass is 35.5. The summed E-state index contributed by atoms with van der Waals surface area (Å²) in [7, 11) is 1.79. The Morgan fingerprint density at radius 2 is 1.79 bits per heavy atom. The van der Waals surface area contributed by atoms with Crippen molar-refractivity contribution in [3.8, 4) is 0 Å². The molecule has 1 aliphatic heterocycles. The van der Waals surface area contributed by atoms with Crippen molar-refractivity contribution in [1.29, 1.82) is 0 Å². The Balaban J connectivity index is 1.40. The van der Waals surface area contributed by atoms with Crippen LogP contribution in [0.4, 0.5) is 0 Å². The molecule has 0 bridgehead atoms. The molecule has 2 aromatic rings. The van der Waals surface area contributed by atoms with E-state index in [0.717, 1.165) is 63.3 Å². The molecule has 0 unspecified atom stereocenters. The Bertz CT molecular complexity index is 757. The molecular formula is C22H29ClN4O. The van der Waals surface area contributed by atoms with Gasteiger partial charge >= 0.3 is 0 Å². The standard InChI is InChI=1S/C22H29ClN4O/c1-24-22(25-10-9-18-3-2-4-21(23)15-18)26-16-19-5-7-20(8-6-19)17-27-11-13-28-14-12-27/h2-8,15H,9-14,16-17H2,1H3,(H2,24,25,26). The molecule has 0 atom stereocenters. The number of guanidine groups is 1. The molecule has 2 aromatic carbocycles. The van der Waals surface area contributed by atoms with Crippen molar-refractivity contribution >= 4 is 17.6 Å². The van der Waals surface area contributed by atoms with Crippen LogP contribution in [0, 0.1) is 0 Å². The van der Waals surface area contributed by atoms with Gasteiger partial charge in [-0.1, -0.05) is 48.0 Å². The van der Waals surface area contributed by atoms with E-state index in [0.29, 0.717) is 0 Å². The van der Waals surface area contributed by atoms with Gasteiger partial charge in [0.25, 0.3) is 0 Å². The second-order valence-electron chi connectivity index (χ2n) is 6.94. The zero-order valence-electron chi connectivity index (χ0n) is 16.5. The van der Waals surface area contributed by atoms with Gasteiger partial charge in [0.1, 0.15) is 0 Å². The van der Waals surface area contributed by atoms with E-state index >= 15 is 0 Å². The highest BCUT2D eigenvalue weighted by Gasteiger charge is 2.10. The molecule has 5 nitrogen and oxygen atoms in total. The maximum atomic E-state index is 6.03. The zero-order valence-corrected chi connectivity index (χ0v) is 17.2. The van der Waals surface area contributed by atoms with E-state index in [-0.39, 0.29) is 0 Å². The summed E-state index contributed by atoms with van der Waals surface area (Å²) in [5.41, 5.74) is 3.80. The van der Waals surface area contributed by atoms with Crippen LogP contribution >= 0.6 is 11.6 Å². The van der Waals surface area contributed by atoms with Crippen LogP contribution in [-0.4, -0.2) is 50.8 Å². The molecule has 28 heavy (non-hydrogen) atoms. The Hall–Kier alpha value is -2.08. The van der Waals surface area contributed by atoms with E-state index in [4.69, 9.17) is 16.3 Å². The van der Waals surface area contributed by atoms with Gasteiger partial charge in [-0.05, 0) is 35.2 Å². The van der Waals surface area contributed by atoms with Gasteiger partial charge in [-0.25, -0.2) is 0 Å². The lowest BCUT2D eigenvalue weighted by atomic mass is 10.1. The molecule has 0 amide bonds. The number of nitrogens with one attached hydrogen (secondary N) is 2. The Kier molecular flexibility index (Phi) is 8.15. The normalized spacial score (nSPS) is 15.4. The van der Waals surface area contributed by atoms with E-state index in [1.54, 1.807) is 7.05 Å². The molecule has 0 aliphatic carbocycles. The SMILES string of the molecule is CN=C(NCCc1cccc(Cl)c1)NCc1ccc(CN2CCOCC2)cc1. The third kappa shape index (κ3) is 6.82. The van der Waals surface area contributed by atoms with Crippen molar-refractivity contribution in [3.05, 3.63) is 70.2 Å². The largest absolute Gasteiger partial charge is 0.379 e. The summed E-state index contributed by atoms with van der Waals surface area (Å²) in [6, 6.07) is 16.7. The summed E-state index contributed by atoms with van der Waals surface area (Å²) in [6.07, 6.45) is 0.900. The molecule has 1 aliphatic rings. The topological polar surface area (TPSA) is 48.9 Å². The van der Waals surface area contributed by atoms with Crippen molar-refractivity contribution < 1.29 is 4.74 Å². The van der Waals surface area contributed by atoms with Crippen molar-refractivity contribution in [2.75, 3.05) is 39.9 Å². The van der Waals surface area contributed by atoms with Crippen LogP contribution in [0.2, 0.25) is 5.02 Å². The van der Waals surface area contributed by atoms with Crippen LogP contribution in [-0.2, 0) is 24.2 Å². The zero-order chi connectivity index (χ0) is 19.6. The summed E-state index contributed by atoms with van der Waals surface area (Å²) in [5.74, 6) is 0.805. The second kappa shape index (κ2) is 11.1.